The lowest BCUT2D eigenvalue weighted by atomic mass is 10.0. The number of ether oxygens (including phenoxy) is 2. The van der Waals surface area contributed by atoms with Gasteiger partial charge in [0, 0.05) is 18.0 Å². The van der Waals surface area contributed by atoms with Crippen molar-refractivity contribution in [1.82, 2.24) is 4.90 Å². The molecule has 2 heterocycles. The van der Waals surface area contributed by atoms with E-state index in [-0.39, 0.29) is 0 Å². The van der Waals surface area contributed by atoms with Gasteiger partial charge in [-0.2, -0.15) is 0 Å². The smallest absolute Gasteiger partial charge is 0.181 e. The van der Waals surface area contributed by atoms with Crippen molar-refractivity contribution >= 4 is 11.6 Å². The molecule has 0 aromatic heterocycles. The standard InChI is InChI=1S/C15H20ClNO3/c16-13-4-2-12(3-5-13)14(18)10-17-7-1-6-15(11-17)19-8-9-20-15/h2-5,14,18H,1,6-11H2. The molecule has 1 aromatic carbocycles. The fraction of sp³-hybridized carbons (Fsp3) is 0.600. The Balaban J connectivity index is 1.60. The first kappa shape index (κ1) is 14.3. The van der Waals surface area contributed by atoms with Gasteiger partial charge in [-0.25, -0.2) is 0 Å². The third-order valence-electron chi connectivity index (χ3n) is 4.00. The minimum absolute atomic E-state index is 0.433. The Morgan fingerprint density at radius 3 is 2.65 bits per heavy atom. The number of β-amino-alcohol motifs (C(OH)–C–C–N with tert-alkyl or cyclic N) is 1. The van der Waals surface area contributed by atoms with Gasteiger partial charge in [0.25, 0.3) is 0 Å². The lowest BCUT2D eigenvalue weighted by molar-refractivity contribution is -0.191. The highest BCUT2D eigenvalue weighted by Crippen LogP contribution is 2.31. The van der Waals surface area contributed by atoms with E-state index in [1.54, 1.807) is 12.1 Å². The quantitative estimate of drug-likeness (QED) is 0.929. The van der Waals surface area contributed by atoms with E-state index in [4.69, 9.17) is 21.1 Å². The Labute approximate surface area is 124 Å². The highest BCUT2D eigenvalue weighted by atomic mass is 35.5. The Bertz CT molecular complexity index is 445. The van der Waals surface area contributed by atoms with Crippen LogP contribution in [-0.4, -0.2) is 48.6 Å². The number of halogens is 1. The molecule has 0 aliphatic carbocycles. The molecule has 2 aliphatic rings. The van der Waals surface area contributed by atoms with Crippen LogP contribution in [0.4, 0.5) is 0 Å². The third kappa shape index (κ3) is 3.15. The Morgan fingerprint density at radius 2 is 1.95 bits per heavy atom. The molecule has 2 aliphatic heterocycles. The molecule has 0 amide bonds. The number of likely N-dealkylation sites (tertiary alicyclic amines) is 1. The van der Waals surface area contributed by atoms with Gasteiger partial charge in [0.05, 0.1) is 25.9 Å². The summed E-state index contributed by atoms with van der Waals surface area (Å²) in [6.45, 7) is 3.65. The highest BCUT2D eigenvalue weighted by Gasteiger charge is 2.40. The maximum absolute atomic E-state index is 10.3. The van der Waals surface area contributed by atoms with Crippen LogP contribution in [0.3, 0.4) is 0 Å². The van der Waals surface area contributed by atoms with E-state index in [2.05, 4.69) is 4.90 Å². The molecular formula is C15H20ClNO3. The van der Waals surface area contributed by atoms with E-state index >= 15 is 0 Å². The van der Waals surface area contributed by atoms with Crippen LogP contribution in [0.15, 0.2) is 24.3 Å². The molecule has 1 spiro atoms. The van der Waals surface area contributed by atoms with Crippen LogP contribution in [0.1, 0.15) is 24.5 Å². The topological polar surface area (TPSA) is 41.9 Å². The number of aliphatic hydroxyl groups is 1. The van der Waals surface area contributed by atoms with Crippen LogP contribution in [0.5, 0.6) is 0 Å². The highest BCUT2D eigenvalue weighted by molar-refractivity contribution is 6.30. The average Bonchev–Trinajstić information content (AvgIpc) is 2.87. The van der Waals surface area contributed by atoms with Gasteiger partial charge in [0.1, 0.15) is 0 Å². The van der Waals surface area contributed by atoms with Gasteiger partial charge in [-0.15, -0.1) is 0 Å². The van der Waals surface area contributed by atoms with Crippen LogP contribution in [0.25, 0.3) is 0 Å². The normalized spacial score (nSPS) is 24.1. The molecule has 2 fully saturated rings. The van der Waals surface area contributed by atoms with E-state index in [0.29, 0.717) is 24.8 Å². The monoisotopic (exact) mass is 297 g/mol. The predicted octanol–water partition coefficient (Wildman–Crippen LogP) is 2.21. The lowest BCUT2D eigenvalue weighted by Gasteiger charge is -2.39. The van der Waals surface area contributed by atoms with Crippen LogP contribution in [-0.2, 0) is 9.47 Å². The van der Waals surface area contributed by atoms with E-state index in [9.17, 15) is 5.11 Å². The number of nitrogens with zero attached hydrogens (tertiary/aromatic N) is 1. The molecular weight excluding hydrogens is 278 g/mol. The van der Waals surface area contributed by atoms with Crippen molar-refractivity contribution in [2.24, 2.45) is 0 Å². The van der Waals surface area contributed by atoms with Gasteiger partial charge in [-0.3, -0.25) is 4.90 Å². The summed E-state index contributed by atoms with van der Waals surface area (Å²) in [5.41, 5.74) is 0.891. The molecule has 0 radical (unpaired) electrons. The van der Waals surface area contributed by atoms with Crippen molar-refractivity contribution in [3.8, 4) is 0 Å². The number of piperidine rings is 1. The zero-order valence-electron chi connectivity index (χ0n) is 11.4. The summed E-state index contributed by atoms with van der Waals surface area (Å²) >= 11 is 5.87. The largest absolute Gasteiger partial charge is 0.387 e. The minimum Gasteiger partial charge on any atom is -0.387 e. The zero-order valence-corrected chi connectivity index (χ0v) is 12.2. The first-order valence-electron chi connectivity index (χ1n) is 7.11. The first-order chi connectivity index (χ1) is 9.67. The van der Waals surface area contributed by atoms with E-state index < -0.39 is 11.9 Å². The van der Waals surface area contributed by atoms with Crippen molar-refractivity contribution in [2.75, 3.05) is 32.8 Å². The molecule has 1 aromatic rings. The molecule has 1 unspecified atom stereocenters. The number of hydrogen-bond acceptors (Lipinski definition) is 4. The number of aliphatic hydroxyl groups excluding tert-OH is 1. The Kier molecular flexibility index (Phi) is 4.29. The first-order valence-corrected chi connectivity index (χ1v) is 7.48. The van der Waals surface area contributed by atoms with Gasteiger partial charge in [0.2, 0.25) is 0 Å². The molecule has 2 saturated heterocycles. The van der Waals surface area contributed by atoms with Gasteiger partial charge in [0.15, 0.2) is 5.79 Å². The molecule has 1 atom stereocenters. The maximum atomic E-state index is 10.3. The fourth-order valence-corrected chi connectivity index (χ4v) is 3.12. The zero-order chi connectivity index (χ0) is 14.0. The molecule has 1 N–H and O–H groups in total. The van der Waals surface area contributed by atoms with E-state index in [0.717, 1.165) is 31.5 Å². The number of rotatable bonds is 3. The molecule has 20 heavy (non-hydrogen) atoms. The lowest BCUT2D eigenvalue weighted by Crippen LogP contribution is -2.49. The van der Waals surface area contributed by atoms with Crippen molar-refractivity contribution in [1.29, 1.82) is 0 Å². The predicted molar refractivity (Wildman–Crippen MR) is 76.7 cm³/mol. The van der Waals surface area contributed by atoms with Crippen LogP contribution in [0, 0.1) is 0 Å². The summed E-state index contributed by atoms with van der Waals surface area (Å²) in [5.74, 6) is -0.433. The SMILES string of the molecule is OC(CN1CCCC2(C1)OCCO2)c1ccc(Cl)cc1. The molecule has 0 bridgehead atoms. The summed E-state index contributed by atoms with van der Waals surface area (Å²) < 4.78 is 11.5. The van der Waals surface area contributed by atoms with Gasteiger partial charge < -0.3 is 14.6 Å². The van der Waals surface area contributed by atoms with Gasteiger partial charge in [-0.1, -0.05) is 23.7 Å². The Morgan fingerprint density at radius 1 is 1.25 bits per heavy atom. The number of hydrogen-bond donors (Lipinski definition) is 1. The number of benzene rings is 1. The fourth-order valence-electron chi connectivity index (χ4n) is 2.99. The second-order valence-corrected chi connectivity index (χ2v) is 5.95. The van der Waals surface area contributed by atoms with E-state index in [1.165, 1.54) is 0 Å². The summed E-state index contributed by atoms with van der Waals surface area (Å²) in [7, 11) is 0. The van der Waals surface area contributed by atoms with Crippen molar-refractivity contribution in [2.45, 2.75) is 24.7 Å². The van der Waals surface area contributed by atoms with Crippen molar-refractivity contribution in [3.05, 3.63) is 34.9 Å². The average molecular weight is 298 g/mol. The molecule has 3 rings (SSSR count). The second kappa shape index (κ2) is 6.00. The maximum Gasteiger partial charge on any atom is 0.181 e. The van der Waals surface area contributed by atoms with Crippen LogP contribution >= 0.6 is 11.6 Å². The van der Waals surface area contributed by atoms with Gasteiger partial charge >= 0.3 is 0 Å². The summed E-state index contributed by atoms with van der Waals surface area (Å²) in [5, 5.41) is 11.0. The van der Waals surface area contributed by atoms with Gasteiger partial charge in [-0.05, 0) is 30.7 Å². The molecule has 110 valence electrons. The van der Waals surface area contributed by atoms with E-state index in [1.807, 2.05) is 12.1 Å². The summed E-state index contributed by atoms with van der Waals surface area (Å²) in [6, 6.07) is 7.35. The summed E-state index contributed by atoms with van der Waals surface area (Å²) in [6.07, 6.45) is 1.47. The minimum atomic E-state index is -0.510. The molecule has 0 saturated carbocycles. The second-order valence-electron chi connectivity index (χ2n) is 5.51. The third-order valence-corrected chi connectivity index (χ3v) is 4.25. The molecule has 4 nitrogen and oxygen atoms in total. The summed E-state index contributed by atoms with van der Waals surface area (Å²) in [4.78, 5) is 2.22. The Hall–Kier alpha value is -0.650. The van der Waals surface area contributed by atoms with Crippen molar-refractivity contribution in [3.63, 3.8) is 0 Å². The van der Waals surface area contributed by atoms with Crippen LogP contribution in [0.2, 0.25) is 5.02 Å². The van der Waals surface area contributed by atoms with Crippen molar-refractivity contribution < 1.29 is 14.6 Å². The van der Waals surface area contributed by atoms with Crippen LogP contribution < -0.4 is 0 Å². The molecule has 5 heteroatoms.